The summed E-state index contributed by atoms with van der Waals surface area (Å²) in [6, 6.07) is -3.14. The normalized spacial score (nSPS) is 16.0. The first-order valence-corrected chi connectivity index (χ1v) is 13.9. The molecule has 35 heavy (non-hydrogen) atoms. The van der Waals surface area contributed by atoms with E-state index in [4.69, 9.17) is 0 Å². The van der Waals surface area contributed by atoms with Crippen molar-refractivity contribution in [2.45, 2.75) is 142 Å². The Kier molecular flexibility index (Phi) is 18.3. The van der Waals surface area contributed by atoms with Gasteiger partial charge in [-0.3, -0.25) is 4.48 Å². The third kappa shape index (κ3) is 11.1. The van der Waals surface area contributed by atoms with Gasteiger partial charge < -0.3 is 15.3 Å². The molecule has 0 heterocycles. The molecule has 0 aromatic heterocycles. The van der Waals surface area contributed by atoms with E-state index < -0.39 is 36.0 Å². The number of quaternary nitrogens is 1. The van der Waals surface area contributed by atoms with Crippen LogP contribution in [0.5, 0.6) is 0 Å². The molecule has 0 amide bonds. The second-order valence-electron chi connectivity index (χ2n) is 9.82. The SMILES string of the molecule is CCC/C=C/CCCCCCCC[N+](C(CCC)C(=O)O)(C(CCC)C(=O)O)C(CCC)C(=O)O. The lowest BCUT2D eigenvalue weighted by atomic mass is 9.91. The summed E-state index contributed by atoms with van der Waals surface area (Å²) in [4.78, 5) is 37.5. The number of unbranched alkanes of at least 4 members (excludes halogenated alkanes) is 7. The highest BCUT2D eigenvalue weighted by Gasteiger charge is 2.56. The van der Waals surface area contributed by atoms with Crippen molar-refractivity contribution in [3.05, 3.63) is 12.2 Å². The van der Waals surface area contributed by atoms with Gasteiger partial charge in [0.1, 0.15) is 0 Å². The number of carboxylic acids is 3. The first-order chi connectivity index (χ1) is 16.7. The molecule has 0 aliphatic heterocycles. The Morgan fingerprint density at radius 2 is 0.943 bits per heavy atom. The van der Waals surface area contributed by atoms with Crippen molar-refractivity contribution in [3.63, 3.8) is 0 Å². The molecule has 0 fully saturated rings. The number of aliphatic carboxylic acids is 3. The van der Waals surface area contributed by atoms with Crippen molar-refractivity contribution in [2.75, 3.05) is 6.54 Å². The zero-order chi connectivity index (χ0) is 26.7. The highest BCUT2D eigenvalue weighted by molar-refractivity contribution is 5.78. The molecule has 204 valence electrons. The van der Waals surface area contributed by atoms with Crippen molar-refractivity contribution in [1.29, 1.82) is 0 Å². The average Bonchev–Trinajstić information content (AvgIpc) is 2.81. The van der Waals surface area contributed by atoms with Gasteiger partial charge in [-0.05, 0) is 51.4 Å². The molecule has 0 aliphatic carbocycles. The van der Waals surface area contributed by atoms with Crippen molar-refractivity contribution < 1.29 is 34.2 Å². The number of allylic oxidation sites excluding steroid dienone is 2. The predicted octanol–water partition coefficient (Wildman–Crippen LogP) is 6.65. The molecule has 7 nitrogen and oxygen atoms in total. The van der Waals surface area contributed by atoms with Gasteiger partial charge in [0.05, 0.1) is 6.54 Å². The van der Waals surface area contributed by atoms with Gasteiger partial charge in [-0.1, -0.05) is 65.5 Å². The van der Waals surface area contributed by atoms with Gasteiger partial charge in [-0.2, -0.15) is 0 Å². The van der Waals surface area contributed by atoms with Gasteiger partial charge in [0, 0.05) is 19.3 Å². The zero-order valence-corrected chi connectivity index (χ0v) is 22.7. The van der Waals surface area contributed by atoms with Gasteiger partial charge >= 0.3 is 17.9 Å². The van der Waals surface area contributed by atoms with E-state index in [1.807, 2.05) is 20.8 Å². The summed E-state index contributed by atoms with van der Waals surface area (Å²) in [5.74, 6) is -3.27. The molecule has 0 bridgehead atoms. The lowest BCUT2D eigenvalue weighted by Gasteiger charge is -2.50. The van der Waals surface area contributed by atoms with E-state index in [9.17, 15) is 29.7 Å². The minimum Gasteiger partial charge on any atom is -0.477 e. The highest BCUT2D eigenvalue weighted by atomic mass is 16.4. The Labute approximate surface area is 213 Å². The number of carbonyl (C=O) groups is 3. The Morgan fingerprint density at radius 1 is 0.571 bits per heavy atom. The molecule has 0 aromatic carbocycles. The van der Waals surface area contributed by atoms with Crippen LogP contribution in [0.1, 0.15) is 124 Å². The number of hydrogen-bond acceptors (Lipinski definition) is 3. The van der Waals surface area contributed by atoms with Gasteiger partial charge in [0.25, 0.3) is 0 Å². The molecule has 3 unspecified atom stereocenters. The smallest absolute Gasteiger partial charge is 0.362 e. The van der Waals surface area contributed by atoms with Crippen LogP contribution in [0.4, 0.5) is 0 Å². The van der Waals surface area contributed by atoms with Gasteiger partial charge in [0.15, 0.2) is 18.1 Å². The van der Waals surface area contributed by atoms with E-state index in [0.29, 0.717) is 25.7 Å². The highest BCUT2D eigenvalue weighted by Crippen LogP contribution is 2.34. The van der Waals surface area contributed by atoms with E-state index in [1.165, 1.54) is 6.42 Å². The first-order valence-electron chi connectivity index (χ1n) is 13.9. The first kappa shape index (κ1) is 33.1. The molecule has 0 spiro atoms. The van der Waals surface area contributed by atoms with Crippen LogP contribution in [0.3, 0.4) is 0 Å². The van der Waals surface area contributed by atoms with Crippen molar-refractivity contribution in [1.82, 2.24) is 0 Å². The maximum Gasteiger partial charge on any atom is 0.362 e. The zero-order valence-electron chi connectivity index (χ0n) is 22.7. The fraction of sp³-hybridized carbons (Fsp3) is 0.821. The number of nitrogens with zero attached hydrogens (tertiary/aromatic N) is 1. The number of hydrogen-bond donors (Lipinski definition) is 3. The van der Waals surface area contributed by atoms with Gasteiger partial charge in [-0.15, -0.1) is 0 Å². The lowest BCUT2D eigenvalue weighted by Crippen LogP contribution is -2.72. The van der Waals surface area contributed by atoms with Crippen LogP contribution < -0.4 is 0 Å². The molecule has 3 N–H and O–H groups in total. The maximum atomic E-state index is 12.5. The van der Waals surface area contributed by atoms with Crippen LogP contribution in [-0.2, 0) is 14.4 Å². The van der Waals surface area contributed by atoms with E-state index >= 15 is 0 Å². The molecule has 0 rings (SSSR count). The van der Waals surface area contributed by atoms with E-state index in [1.54, 1.807) is 0 Å². The monoisotopic (exact) mass is 498 g/mol. The Bertz CT molecular complexity index is 573. The average molecular weight is 499 g/mol. The number of carboxylic acid groups (broad SMARTS) is 3. The van der Waals surface area contributed by atoms with Crippen LogP contribution >= 0.6 is 0 Å². The molecular weight excluding hydrogens is 446 g/mol. The molecule has 0 radical (unpaired) electrons. The molecule has 7 heteroatoms. The fourth-order valence-corrected chi connectivity index (χ4v) is 5.41. The quantitative estimate of drug-likeness (QED) is 0.0826. The summed E-state index contributed by atoms with van der Waals surface area (Å²) in [7, 11) is 0. The molecular formula is C28H52NO6+. The molecule has 0 saturated carbocycles. The van der Waals surface area contributed by atoms with Crippen LogP contribution in [0.25, 0.3) is 0 Å². The Morgan fingerprint density at radius 3 is 1.31 bits per heavy atom. The third-order valence-electron chi connectivity index (χ3n) is 7.07. The number of rotatable bonds is 23. The summed E-state index contributed by atoms with van der Waals surface area (Å²) < 4.78 is -0.377. The summed E-state index contributed by atoms with van der Waals surface area (Å²) in [5, 5.41) is 30.6. The largest absolute Gasteiger partial charge is 0.477 e. The summed E-state index contributed by atoms with van der Waals surface area (Å²) in [6.07, 6.45) is 16.1. The van der Waals surface area contributed by atoms with Crippen molar-refractivity contribution in [3.8, 4) is 0 Å². The molecule has 0 aromatic rings. The van der Waals surface area contributed by atoms with E-state index in [2.05, 4.69) is 19.1 Å². The minimum absolute atomic E-state index is 0.266. The van der Waals surface area contributed by atoms with Gasteiger partial charge in [-0.25, -0.2) is 14.4 Å². The molecule has 3 atom stereocenters. The topological polar surface area (TPSA) is 112 Å². The maximum absolute atomic E-state index is 12.5. The van der Waals surface area contributed by atoms with Gasteiger partial charge in [0.2, 0.25) is 0 Å². The minimum atomic E-state index is -1.09. The van der Waals surface area contributed by atoms with E-state index in [-0.39, 0.29) is 30.3 Å². The lowest BCUT2D eigenvalue weighted by molar-refractivity contribution is -0.973. The Hall–Kier alpha value is -1.89. The standard InChI is InChI=1S/C28H51NO6/c1-5-9-10-11-12-13-14-15-16-17-18-22-29(23(19-6-2)26(30)31,24(20-7-3)27(32)33)25(21-8-4)28(34)35/h10-11,23-25H,5-9,12-22H2,1-4H3,(H2-,30,31,32,33,34,35)/p+1/b11-10+. The summed E-state index contributed by atoms with van der Waals surface area (Å²) >= 11 is 0. The third-order valence-corrected chi connectivity index (χ3v) is 7.07. The Balaban J connectivity index is 5.72. The van der Waals surface area contributed by atoms with Crippen LogP contribution in [0, 0.1) is 0 Å². The van der Waals surface area contributed by atoms with Crippen LogP contribution in [-0.4, -0.2) is 62.4 Å². The van der Waals surface area contributed by atoms with Crippen LogP contribution in [0.15, 0.2) is 12.2 Å². The summed E-state index contributed by atoms with van der Waals surface area (Å²) in [6.45, 7) is 8.04. The predicted molar refractivity (Wildman–Crippen MR) is 140 cm³/mol. The van der Waals surface area contributed by atoms with Crippen molar-refractivity contribution in [2.24, 2.45) is 0 Å². The molecule has 0 aliphatic rings. The summed E-state index contributed by atoms with van der Waals surface area (Å²) in [5.41, 5.74) is 0. The molecule has 0 saturated heterocycles. The fourth-order valence-electron chi connectivity index (χ4n) is 5.41. The van der Waals surface area contributed by atoms with Crippen LogP contribution in [0.2, 0.25) is 0 Å². The van der Waals surface area contributed by atoms with Crippen molar-refractivity contribution >= 4 is 17.9 Å². The second kappa shape index (κ2) is 19.3. The van der Waals surface area contributed by atoms with E-state index in [0.717, 1.165) is 44.9 Å². The second-order valence-corrected chi connectivity index (χ2v) is 9.82.